The number of hydrogen-bond donors (Lipinski definition) is 1. The molecule has 0 unspecified atom stereocenters. The molecule has 0 bridgehead atoms. The molecule has 7 heteroatoms. The maximum absolute atomic E-state index is 12.5. The van der Waals surface area contributed by atoms with Gasteiger partial charge in [-0.3, -0.25) is 0 Å². The zero-order valence-corrected chi connectivity index (χ0v) is 13.4. The maximum atomic E-state index is 12.5. The van der Waals surface area contributed by atoms with Gasteiger partial charge >= 0.3 is 6.18 Å². The minimum Gasteiger partial charge on any atom is -0.207 e. The van der Waals surface area contributed by atoms with Gasteiger partial charge in [0.05, 0.1) is 10.5 Å². The molecule has 23 heavy (non-hydrogen) atoms. The maximum Gasteiger partial charge on any atom is 0.416 e. The first kappa shape index (κ1) is 17.5. The molecule has 3 nitrogen and oxygen atoms in total. The first-order valence-corrected chi connectivity index (χ1v) is 8.31. The van der Waals surface area contributed by atoms with Gasteiger partial charge in [0.15, 0.2) is 0 Å². The molecule has 0 amide bonds. The standard InChI is InChI=1S/C16H16F3NO2S/c1-11-3-8-15(9-12(11)2)23(21,22)20-10-13-4-6-14(7-5-13)16(17,18)19/h3-9,20H,10H2,1-2H3. The molecule has 0 aliphatic heterocycles. The summed E-state index contributed by atoms with van der Waals surface area (Å²) < 4.78 is 64.2. The Morgan fingerprint density at radius 2 is 1.57 bits per heavy atom. The summed E-state index contributed by atoms with van der Waals surface area (Å²) in [6.07, 6.45) is -4.41. The fourth-order valence-corrected chi connectivity index (χ4v) is 3.06. The summed E-state index contributed by atoms with van der Waals surface area (Å²) in [5.74, 6) is 0. The highest BCUT2D eigenvalue weighted by molar-refractivity contribution is 7.89. The van der Waals surface area contributed by atoms with Crippen molar-refractivity contribution in [3.8, 4) is 0 Å². The molecular weight excluding hydrogens is 327 g/mol. The van der Waals surface area contributed by atoms with E-state index in [2.05, 4.69) is 4.72 Å². The summed E-state index contributed by atoms with van der Waals surface area (Å²) >= 11 is 0. The Labute approximate surface area is 133 Å². The highest BCUT2D eigenvalue weighted by Crippen LogP contribution is 2.29. The van der Waals surface area contributed by atoms with Gasteiger partial charge in [0.25, 0.3) is 0 Å². The number of nitrogens with one attached hydrogen (secondary N) is 1. The molecule has 0 fully saturated rings. The highest BCUT2D eigenvalue weighted by atomic mass is 32.2. The van der Waals surface area contributed by atoms with Crippen LogP contribution in [0.2, 0.25) is 0 Å². The molecule has 0 aliphatic carbocycles. The van der Waals surface area contributed by atoms with Crippen LogP contribution < -0.4 is 4.72 Å². The monoisotopic (exact) mass is 343 g/mol. The van der Waals surface area contributed by atoms with Crippen molar-refractivity contribution in [2.75, 3.05) is 0 Å². The van der Waals surface area contributed by atoms with Crippen LogP contribution >= 0.6 is 0 Å². The first-order valence-electron chi connectivity index (χ1n) is 6.83. The van der Waals surface area contributed by atoms with Gasteiger partial charge in [-0.05, 0) is 54.8 Å². The molecule has 1 N–H and O–H groups in total. The smallest absolute Gasteiger partial charge is 0.207 e. The van der Waals surface area contributed by atoms with Crippen molar-refractivity contribution in [2.24, 2.45) is 0 Å². The lowest BCUT2D eigenvalue weighted by atomic mass is 10.1. The van der Waals surface area contributed by atoms with Crippen LogP contribution in [0.15, 0.2) is 47.4 Å². The van der Waals surface area contributed by atoms with Crippen molar-refractivity contribution in [2.45, 2.75) is 31.5 Å². The van der Waals surface area contributed by atoms with Crippen LogP contribution in [0, 0.1) is 13.8 Å². The molecule has 0 spiro atoms. The van der Waals surface area contributed by atoms with Gasteiger partial charge in [-0.1, -0.05) is 18.2 Å². The number of alkyl halides is 3. The lowest BCUT2D eigenvalue weighted by Gasteiger charge is -2.10. The Kier molecular flexibility index (Phi) is 4.81. The molecule has 2 aromatic rings. The average Bonchev–Trinajstić information content (AvgIpc) is 2.47. The van der Waals surface area contributed by atoms with E-state index in [1.54, 1.807) is 12.1 Å². The Balaban J connectivity index is 2.11. The third-order valence-corrected chi connectivity index (χ3v) is 4.94. The zero-order valence-electron chi connectivity index (χ0n) is 12.6. The van der Waals surface area contributed by atoms with Crippen molar-refractivity contribution >= 4 is 10.0 Å². The molecule has 0 saturated carbocycles. The van der Waals surface area contributed by atoms with Gasteiger partial charge in [0.1, 0.15) is 0 Å². The SMILES string of the molecule is Cc1ccc(S(=O)(=O)NCc2ccc(C(F)(F)F)cc2)cc1C. The minimum atomic E-state index is -4.41. The Morgan fingerprint density at radius 3 is 2.09 bits per heavy atom. The first-order chi connectivity index (χ1) is 10.6. The lowest BCUT2D eigenvalue weighted by molar-refractivity contribution is -0.137. The van der Waals surface area contributed by atoms with E-state index in [0.29, 0.717) is 5.56 Å². The summed E-state index contributed by atoms with van der Waals surface area (Å²) in [5, 5.41) is 0. The van der Waals surface area contributed by atoms with Gasteiger partial charge in [-0.25, -0.2) is 13.1 Å². The third-order valence-electron chi connectivity index (χ3n) is 3.54. The van der Waals surface area contributed by atoms with Crippen LogP contribution in [-0.4, -0.2) is 8.42 Å². The second-order valence-corrected chi connectivity index (χ2v) is 7.03. The number of sulfonamides is 1. The van der Waals surface area contributed by atoms with Crippen LogP contribution in [0.3, 0.4) is 0 Å². The van der Waals surface area contributed by atoms with Crippen molar-refractivity contribution in [3.63, 3.8) is 0 Å². The normalized spacial score (nSPS) is 12.4. The largest absolute Gasteiger partial charge is 0.416 e. The van der Waals surface area contributed by atoms with Crippen molar-refractivity contribution < 1.29 is 21.6 Å². The molecular formula is C16H16F3NO2S. The Morgan fingerprint density at radius 1 is 0.957 bits per heavy atom. The van der Waals surface area contributed by atoms with E-state index in [1.807, 2.05) is 13.8 Å². The fourth-order valence-electron chi connectivity index (χ4n) is 1.95. The lowest BCUT2D eigenvalue weighted by Crippen LogP contribution is -2.23. The van der Waals surface area contributed by atoms with Crippen molar-refractivity contribution in [3.05, 3.63) is 64.7 Å². The van der Waals surface area contributed by atoms with E-state index in [0.717, 1.165) is 23.3 Å². The van der Waals surface area contributed by atoms with Crippen molar-refractivity contribution in [1.82, 2.24) is 4.72 Å². The highest BCUT2D eigenvalue weighted by Gasteiger charge is 2.29. The summed E-state index contributed by atoms with van der Waals surface area (Å²) in [7, 11) is -3.71. The van der Waals surface area contributed by atoms with E-state index in [9.17, 15) is 21.6 Å². The van der Waals surface area contributed by atoms with E-state index < -0.39 is 21.8 Å². The third kappa shape index (κ3) is 4.33. The van der Waals surface area contributed by atoms with Crippen LogP contribution in [0.4, 0.5) is 13.2 Å². The van der Waals surface area contributed by atoms with Crippen LogP contribution in [0.1, 0.15) is 22.3 Å². The molecule has 2 aromatic carbocycles. The topological polar surface area (TPSA) is 46.2 Å². The number of hydrogen-bond acceptors (Lipinski definition) is 2. The predicted molar refractivity (Wildman–Crippen MR) is 81.4 cm³/mol. The van der Waals surface area contributed by atoms with E-state index in [4.69, 9.17) is 0 Å². The number of halogens is 3. The fraction of sp³-hybridized carbons (Fsp3) is 0.250. The summed E-state index contributed by atoms with van der Waals surface area (Å²) in [5.41, 5.74) is 1.51. The number of aryl methyl sites for hydroxylation is 2. The second kappa shape index (κ2) is 6.33. The summed E-state index contributed by atoms with van der Waals surface area (Å²) in [6.45, 7) is 3.61. The van der Waals surface area contributed by atoms with E-state index in [1.165, 1.54) is 18.2 Å². The minimum absolute atomic E-state index is 0.0760. The number of rotatable bonds is 4. The van der Waals surface area contributed by atoms with Crippen LogP contribution in [-0.2, 0) is 22.7 Å². The van der Waals surface area contributed by atoms with Gasteiger partial charge < -0.3 is 0 Å². The summed E-state index contributed by atoms with van der Waals surface area (Å²) in [6, 6.07) is 9.14. The van der Waals surface area contributed by atoms with Crippen LogP contribution in [0.25, 0.3) is 0 Å². The zero-order chi connectivity index (χ0) is 17.3. The molecule has 124 valence electrons. The van der Waals surface area contributed by atoms with E-state index in [-0.39, 0.29) is 11.4 Å². The second-order valence-electron chi connectivity index (χ2n) is 5.27. The molecule has 2 rings (SSSR count). The number of benzene rings is 2. The van der Waals surface area contributed by atoms with Crippen molar-refractivity contribution in [1.29, 1.82) is 0 Å². The summed E-state index contributed by atoms with van der Waals surface area (Å²) in [4.78, 5) is 0.132. The molecule has 0 heterocycles. The molecule has 0 aliphatic rings. The Bertz CT molecular complexity index is 797. The van der Waals surface area contributed by atoms with E-state index >= 15 is 0 Å². The van der Waals surface area contributed by atoms with Crippen LogP contribution in [0.5, 0.6) is 0 Å². The quantitative estimate of drug-likeness (QED) is 0.918. The predicted octanol–water partition coefficient (Wildman–Crippen LogP) is 3.80. The molecule has 0 aromatic heterocycles. The van der Waals surface area contributed by atoms with Gasteiger partial charge in [0, 0.05) is 6.54 Å². The van der Waals surface area contributed by atoms with Gasteiger partial charge in [0.2, 0.25) is 10.0 Å². The Hall–Kier alpha value is -1.86. The molecule has 0 radical (unpaired) electrons. The molecule has 0 saturated heterocycles. The van der Waals surface area contributed by atoms with Gasteiger partial charge in [-0.2, -0.15) is 13.2 Å². The molecule has 0 atom stereocenters. The van der Waals surface area contributed by atoms with Gasteiger partial charge in [-0.15, -0.1) is 0 Å². The average molecular weight is 343 g/mol.